The maximum absolute atomic E-state index is 13.3. The van der Waals surface area contributed by atoms with Gasteiger partial charge in [-0.1, -0.05) is 42.5 Å². The number of anilines is 1. The highest BCUT2D eigenvalue weighted by Crippen LogP contribution is 2.31. The van der Waals surface area contributed by atoms with E-state index >= 15 is 0 Å². The summed E-state index contributed by atoms with van der Waals surface area (Å²) >= 11 is 0. The van der Waals surface area contributed by atoms with Gasteiger partial charge in [0.25, 0.3) is 0 Å². The van der Waals surface area contributed by atoms with E-state index in [1.807, 2.05) is 55.5 Å². The monoisotopic (exact) mass is 438 g/mol. The minimum Gasteiger partial charge on any atom is -0.495 e. The lowest BCUT2D eigenvalue weighted by molar-refractivity contribution is -0.120. The van der Waals surface area contributed by atoms with Gasteiger partial charge in [0.15, 0.2) is 0 Å². The molecule has 0 unspecified atom stereocenters. The molecule has 0 bridgehead atoms. The Morgan fingerprint density at radius 1 is 1.10 bits per heavy atom. The number of carbonyl (C=O) groups excluding carboxylic acids is 1. The molecule has 1 N–H and O–H groups in total. The van der Waals surface area contributed by atoms with Gasteiger partial charge in [-0.3, -0.25) is 4.79 Å². The summed E-state index contributed by atoms with van der Waals surface area (Å²) in [5.74, 6) is -0.265. The molecule has 0 radical (unpaired) electrons. The average Bonchev–Trinajstić information content (AvgIpc) is 2.79. The standard InChI is InChI=1S/C24H26N2O4S/c1-17-12-13-22(30-2)23(15-17)31(28,29)26-14-6-9-19(16-26)24(27)25-21-11-5-8-18-7-3-4-10-20(18)21/h3-5,7-8,10-13,15,19H,6,9,14,16H2,1-2H3,(H,25,27)/t19-/m1/s1. The Kier molecular flexibility index (Phi) is 5.98. The van der Waals surface area contributed by atoms with Crippen molar-refractivity contribution in [2.75, 3.05) is 25.5 Å². The van der Waals surface area contributed by atoms with Gasteiger partial charge in [0.05, 0.1) is 13.0 Å². The van der Waals surface area contributed by atoms with Crippen LogP contribution in [0, 0.1) is 12.8 Å². The van der Waals surface area contributed by atoms with Gasteiger partial charge >= 0.3 is 0 Å². The number of fused-ring (bicyclic) bond motifs is 1. The summed E-state index contributed by atoms with van der Waals surface area (Å²) in [7, 11) is -2.31. The van der Waals surface area contributed by atoms with Crippen molar-refractivity contribution in [2.45, 2.75) is 24.7 Å². The van der Waals surface area contributed by atoms with Crippen LogP contribution in [-0.2, 0) is 14.8 Å². The SMILES string of the molecule is COc1ccc(C)cc1S(=O)(=O)N1CCC[C@@H](C(=O)Nc2cccc3ccccc23)C1. The van der Waals surface area contributed by atoms with E-state index in [-0.39, 0.29) is 17.3 Å². The van der Waals surface area contributed by atoms with E-state index in [9.17, 15) is 13.2 Å². The van der Waals surface area contributed by atoms with Crippen LogP contribution in [0.3, 0.4) is 0 Å². The molecule has 1 aliphatic rings. The van der Waals surface area contributed by atoms with E-state index in [1.54, 1.807) is 12.1 Å². The molecular weight excluding hydrogens is 412 g/mol. The number of hydrogen-bond acceptors (Lipinski definition) is 4. The first-order valence-corrected chi connectivity index (χ1v) is 11.8. The van der Waals surface area contributed by atoms with Crippen molar-refractivity contribution in [3.05, 3.63) is 66.2 Å². The second-order valence-electron chi connectivity index (χ2n) is 7.87. The van der Waals surface area contributed by atoms with E-state index in [0.29, 0.717) is 25.1 Å². The van der Waals surface area contributed by atoms with Gasteiger partial charge in [0, 0.05) is 24.2 Å². The molecule has 1 heterocycles. The highest BCUT2D eigenvalue weighted by Gasteiger charge is 2.35. The lowest BCUT2D eigenvalue weighted by Crippen LogP contribution is -2.43. The second kappa shape index (κ2) is 8.69. The molecule has 162 valence electrons. The number of nitrogens with zero attached hydrogens (tertiary/aromatic N) is 1. The summed E-state index contributed by atoms with van der Waals surface area (Å²) in [6.07, 6.45) is 1.27. The molecule has 0 spiro atoms. The minimum absolute atomic E-state index is 0.144. The molecule has 1 atom stereocenters. The fourth-order valence-electron chi connectivity index (χ4n) is 4.07. The quantitative estimate of drug-likeness (QED) is 0.648. The third-order valence-electron chi connectivity index (χ3n) is 5.74. The van der Waals surface area contributed by atoms with Crippen molar-refractivity contribution in [1.82, 2.24) is 4.31 Å². The molecule has 3 aromatic rings. The van der Waals surface area contributed by atoms with Crippen LogP contribution in [0.15, 0.2) is 65.6 Å². The lowest BCUT2D eigenvalue weighted by Gasteiger charge is -2.31. The van der Waals surface area contributed by atoms with Crippen LogP contribution in [0.1, 0.15) is 18.4 Å². The third kappa shape index (κ3) is 4.29. The van der Waals surface area contributed by atoms with E-state index in [0.717, 1.165) is 22.0 Å². The minimum atomic E-state index is -3.77. The van der Waals surface area contributed by atoms with Crippen molar-refractivity contribution in [2.24, 2.45) is 5.92 Å². The number of piperidine rings is 1. The number of hydrogen-bond donors (Lipinski definition) is 1. The molecule has 1 saturated heterocycles. The van der Waals surface area contributed by atoms with Crippen LogP contribution >= 0.6 is 0 Å². The van der Waals surface area contributed by atoms with Crippen LogP contribution in [-0.4, -0.2) is 38.8 Å². The molecule has 31 heavy (non-hydrogen) atoms. The normalized spacial score (nSPS) is 17.4. The van der Waals surface area contributed by atoms with Crippen LogP contribution in [0.25, 0.3) is 10.8 Å². The molecule has 1 fully saturated rings. The van der Waals surface area contributed by atoms with E-state index in [4.69, 9.17) is 4.74 Å². The zero-order valence-corrected chi connectivity index (χ0v) is 18.5. The molecule has 0 aliphatic carbocycles. The Morgan fingerprint density at radius 3 is 2.68 bits per heavy atom. The first-order valence-electron chi connectivity index (χ1n) is 10.3. The van der Waals surface area contributed by atoms with Gasteiger partial charge in [0.2, 0.25) is 15.9 Å². The molecule has 1 aliphatic heterocycles. The van der Waals surface area contributed by atoms with E-state index < -0.39 is 15.9 Å². The predicted molar refractivity (Wildman–Crippen MR) is 122 cm³/mol. The Morgan fingerprint density at radius 2 is 1.87 bits per heavy atom. The molecule has 4 rings (SSSR count). The van der Waals surface area contributed by atoms with Crippen molar-refractivity contribution in [3.63, 3.8) is 0 Å². The molecular formula is C24H26N2O4S. The van der Waals surface area contributed by atoms with E-state index in [2.05, 4.69) is 5.32 Å². The van der Waals surface area contributed by atoms with Crippen molar-refractivity contribution >= 4 is 32.4 Å². The van der Waals surface area contributed by atoms with E-state index in [1.165, 1.54) is 11.4 Å². The number of amides is 1. The number of sulfonamides is 1. The summed E-state index contributed by atoms with van der Waals surface area (Å²) in [5.41, 5.74) is 1.57. The Labute approximate surface area is 182 Å². The Balaban J connectivity index is 1.56. The molecule has 7 heteroatoms. The number of ether oxygens (including phenoxy) is 1. The number of methoxy groups -OCH3 is 1. The fraction of sp³-hybridized carbons (Fsp3) is 0.292. The van der Waals surface area contributed by atoms with Gasteiger partial charge in [-0.2, -0.15) is 4.31 Å². The maximum Gasteiger partial charge on any atom is 0.246 e. The second-order valence-corrected chi connectivity index (χ2v) is 9.78. The zero-order valence-electron chi connectivity index (χ0n) is 17.7. The van der Waals surface area contributed by atoms with Crippen molar-refractivity contribution < 1.29 is 17.9 Å². The van der Waals surface area contributed by atoms with Crippen molar-refractivity contribution in [1.29, 1.82) is 0 Å². The van der Waals surface area contributed by atoms with Crippen LogP contribution < -0.4 is 10.1 Å². The number of aryl methyl sites for hydroxylation is 1. The molecule has 0 saturated carbocycles. The summed E-state index contributed by atoms with van der Waals surface area (Å²) in [4.78, 5) is 13.2. The van der Waals surface area contributed by atoms with Gasteiger partial charge < -0.3 is 10.1 Å². The molecule has 1 amide bonds. The van der Waals surface area contributed by atoms with Gasteiger partial charge in [-0.15, -0.1) is 0 Å². The molecule has 3 aromatic carbocycles. The molecule has 6 nitrogen and oxygen atoms in total. The van der Waals surface area contributed by atoms with Gasteiger partial charge in [-0.25, -0.2) is 8.42 Å². The molecule has 0 aromatic heterocycles. The fourth-order valence-corrected chi connectivity index (χ4v) is 5.83. The topological polar surface area (TPSA) is 75.7 Å². The largest absolute Gasteiger partial charge is 0.495 e. The van der Waals surface area contributed by atoms with Gasteiger partial charge in [-0.05, 0) is 48.9 Å². The lowest BCUT2D eigenvalue weighted by atomic mass is 9.98. The Bertz CT molecular complexity index is 1220. The van der Waals surface area contributed by atoms with Crippen LogP contribution in [0.5, 0.6) is 5.75 Å². The van der Waals surface area contributed by atoms with Crippen LogP contribution in [0.4, 0.5) is 5.69 Å². The predicted octanol–water partition coefficient (Wildman–Crippen LogP) is 4.20. The summed E-state index contributed by atoms with van der Waals surface area (Å²) < 4.78 is 33.4. The Hall–Kier alpha value is -2.90. The highest BCUT2D eigenvalue weighted by atomic mass is 32.2. The third-order valence-corrected chi connectivity index (χ3v) is 7.63. The summed E-state index contributed by atoms with van der Waals surface area (Å²) in [6, 6.07) is 18.7. The van der Waals surface area contributed by atoms with Gasteiger partial charge in [0.1, 0.15) is 10.6 Å². The van der Waals surface area contributed by atoms with Crippen molar-refractivity contribution in [3.8, 4) is 5.75 Å². The van der Waals surface area contributed by atoms with Crippen LogP contribution in [0.2, 0.25) is 0 Å². The maximum atomic E-state index is 13.3. The highest BCUT2D eigenvalue weighted by molar-refractivity contribution is 7.89. The summed E-state index contributed by atoms with van der Waals surface area (Å²) in [5, 5.41) is 5.02. The average molecular weight is 439 g/mol. The summed E-state index contributed by atoms with van der Waals surface area (Å²) in [6.45, 7) is 2.38. The first-order chi connectivity index (χ1) is 14.9. The number of rotatable bonds is 5. The zero-order chi connectivity index (χ0) is 22.0. The number of benzene rings is 3. The number of carbonyl (C=O) groups is 1. The first kappa shape index (κ1) is 21.3. The smallest absolute Gasteiger partial charge is 0.246 e. The number of nitrogens with one attached hydrogen (secondary N) is 1.